The van der Waals surface area contributed by atoms with Crippen LogP contribution in [0.5, 0.6) is 0 Å². The monoisotopic (exact) mass is 276 g/mol. The average Bonchev–Trinajstić information content (AvgIpc) is 2.91. The molecule has 0 spiro atoms. The minimum absolute atomic E-state index is 0.125. The third kappa shape index (κ3) is 3.45. The standard InChI is InChI=1S/C13H20N6O/c1-9(2)10(4-7-20)16-11-8-12(18-13(14)17-11)19-6-3-5-15-19/h3,5-6,8-10,20H,4,7H2,1-2H3,(H3,14,16,17,18). The molecule has 0 radical (unpaired) electrons. The van der Waals surface area contributed by atoms with E-state index in [0.717, 1.165) is 0 Å². The van der Waals surface area contributed by atoms with Gasteiger partial charge in [0.1, 0.15) is 5.82 Å². The number of anilines is 2. The summed E-state index contributed by atoms with van der Waals surface area (Å²) in [7, 11) is 0. The highest BCUT2D eigenvalue weighted by Crippen LogP contribution is 2.16. The fourth-order valence-corrected chi connectivity index (χ4v) is 1.95. The van der Waals surface area contributed by atoms with Crippen molar-refractivity contribution in [2.75, 3.05) is 17.7 Å². The van der Waals surface area contributed by atoms with E-state index in [1.165, 1.54) is 0 Å². The molecule has 0 aromatic carbocycles. The van der Waals surface area contributed by atoms with E-state index in [1.807, 2.05) is 6.07 Å². The van der Waals surface area contributed by atoms with Crippen LogP contribution in [0.25, 0.3) is 5.82 Å². The molecule has 0 bridgehead atoms. The molecule has 0 fully saturated rings. The predicted molar refractivity (Wildman–Crippen MR) is 77.5 cm³/mol. The van der Waals surface area contributed by atoms with E-state index in [4.69, 9.17) is 10.8 Å². The third-order valence-corrected chi connectivity index (χ3v) is 3.05. The van der Waals surface area contributed by atoms with Crippen LogP contribution in [0.1, 0.15) is 20.3 Å². The number of hydrogen-bond donors (Lipinski definition) is 3. The Morgan fingerprint density at radius 3 is 2.80 bits per heavy atom. The molecule has 2 aromatic rings. The minimum Gasteiger partial charge on any atom is -0.396 e. The van der Waals surface area contributed by atoms with Crippen LogP contribution >= 0.6 is 0 Å². The van der Waals surface area contributed by atoms with Gasteiger partial charge in [-0.05, 0) is 18.4 Å². The van der Waals surface area contributed by atoms with E-state index in [1.54, 1.807) is 23.1 Å². The predicted octanol–water partition coefficient (Wildman–Crippen LogP) is 1.06. The van der Waals surface area contributed by atoms with E-state index >= 15 is 0 Å². The smallest absolute Gasteiger partial charge is 0.224 e. The van der Waals surface area contributed by atoms with Crippen molar-refractivity contribution in [2.45, 2.75) is 26.3 Å². The molecule has 108 valence electrons. The van der Waals surface area contributed by atoms with Gasteiger partial charge in [-0.25, -0.2) is 4.68 Å². The first-order valence-electron chi connectivity index (χ1n) is 6.62. The van der Waals surface area contributed by atoms with E-state index in [2.05, 4.69) is 34.2 Å². The maximum atomic E-state index is 9.11. The van der Waals surface area contributed by atoms with Gasteiger partial charge in [-0.2, -0.15) is 15.1 Å². The van der Waals surface area contributed by atoms with Crippen molar-refractivity contribution in [3.8, 4) is 5.82 Å². The van der Waals surface area contributed by atoms with Crippen LogP contribution in [-0.2, 0) is 0 Å². The molecule has 0 aliphatic heterocycles. The highest BCUT2D eigenvalue weighted by molar-refractivity contribution is 5.46. The van der Waals surface area contributed by atoms with Gasteiger partial charge in [0.25, 0.3) is 0 Å². The molecule has 1 unspecified atom stereocenters. The van der Waals surface area contributed by atoms with Gasteiger partial charge in [0.05, 0.1) is 0 Å². The molecule has 0 aliphatic rings. The zero-order valence-electron chi connectivity index (χ0n) is 11.7. The SMILES string of the molecule is CC(C)C(CCO)Nc1cc(-n2cccn2)nc(N)n1. The fourth-order valence-electron chi connectivity index (χ4n) is 1.95. The zero-order chi connectivity index (χ0) is 14.5. The maximum Gasteiger partial charge on any atom is 0.224 e. The van der Waals surface area contributed by atoms with Crippen molar-refractivity contribution in [2.24, 2.45) is 5.92 Å². The summed E-state index contributed by atoms with van der Waals surface area (Å²) in [5.74, 6) is 1.80. The number of nitrogen functional groups attached to an aromatic ring is 1. The number of nitrogens with zero attached hydrogens (tertiary/aromatic N) is 4. The summed E-state index contributed by atoms with van der Waals surface area (Å²) >= 11 is 0. The van der Waals surface area contributed by atoms with Crippen LogP contribution in [0, 0.1) is 5.92 Å². The summed E-state index contributed by atoms with van der Waals surface area (Å²) < 4.78 is 1.62. The maximum absolute atomic E-state index is 9.11. The quantitative estimate of drug-likeness (QED) is 0.729. The largest absolute Gasteiger partial charge is 0.396 e. The molecule has 0 saturated heterocycles. The topological polar surface area (TPSA) is 102 Å². The number of nitrogens with two attached hydrogens (primary N) is 1. The lowest BCUT2D eigenvalue weighted by Crippen LogP contribution is -2.27. The van der Waals surface area contributed by atoms with Crippen LogP contribution in [0.4, 0.5) is 11.8 Å². The Kier molecular flexibility index (Phi) is 4.52. The van der Waals surface area contributed by atoms with Crippen LogP contribution in [0.15, 0.2) is 24.5 Å². The fraction of sp³-hybridized carbons (Fsp3) is 0.462. The van der Waals surface area contributed by atoms with Crippen LogP contribution in [-0.4, -0.2) is 37.5 Å². The molecule has 2 rings (SSSR count). The minimum atomic E-state index is 0.125. The molecule has 0 amide bonds. The third-order valence-electron chi connectivity index (χ3n) is 3.05. The Hall–Kier alpha value is -2.15. The lowest BCUT2D eigenvalue weighted by molar-refractivity contribution is 0.267. The summed E-state index contributed by atoms with van der Waals surface area (Å²) in [6, 6.07) is 3.73. The summed E-state index contributed by atoms with van der Waals surface area (Å²) in [4.78, 5) is 8.33. The number of aromatic nitrogens is 4. The van der Waals surface area contributed by atoms with Crippen LogP contribution in [0.3, 0.4) is 0 Å². The lowest BCUT2D eigenvalue weighted by atomic mass is 10.0. The molecular weight excluding hydrogens is 256 g/mol. The van der Waals surface area contributed by atoms with E-state index < -0.39 is 0 Å². The molecule has 0 saturated carbocycles. The molecule has 20 heavy (non-hydrogen) atoms. The number of aliphatic hydroxyl groups excluding tert-OH is 1. The van der Waals surface area contributed by atoms with Crippen LogP contribution < -0.4 is 11.1 Å². The molecular formula is C13H20N6O. The van der Waals surface area contributed by atoms with Gasteiger partial charge in [-0.1, -0.05) is 13.8 Å². The Morgan fingerprint density at radius 2 is 2.20 bits per heavy atom. The summed E-state index contributed by atoms with van der Waals surface area (Å²) in [5.41, 5.74) is 5.74. The van der Waals surface area contributed by atoms with Crippen molar-refractivity contribution in [3.63, 3.8) is 0 Å². The average molecular weight is 276 g/mol. The number of nitrogens with one attached hydrogen (secondary N) is 1. The Balaban J connectivity index is 2.23. The Bertz CT molecular complexity index is 540. The second-order valence-corrected chi connectivity index (χ2v) is 4.93. The molecule has 2 aromatic heterocycles. The van der Waals surface area contributed by atoms with Gasteiger partial charge in [-0.3, -0.25) is 0 Å². The molecule has 1 atom stereocenters. The summed E-state index contributed by atoms with van der Waals surface area (Å²) in [6.45, 7) is 4.31. The molecule has 4 N–H and O–H groups in total. The lowest BCUT2D eigenvalue weighted by Gasteiger charge is -2.22. The van der Waals surface area contributed by atoms with Crippen molar-refractivity contribution in [1.29, 1.82) is 0 Å². The summed E-state index contributed by atoms with van der Waals surface area (Å²) in [5, 5.41) is 16.5. The molecule has 7 nitrogen and oxygen atoms in total. The van der Waals surface area contributed by atoms with E-state index in [-0.39, 0.29) is 18.6 Å². The van der Waals surface area contributed by atoms with Crippen molar-refractivity contribution < 1.29 is 5.11 Å². The first-order valence-corrected chi connectivity index (χ1v) is 6.62. The van der Waals surface area contributed by atoms with Gasteiger partial charge in [0, 0.05) is 31.1 Å². The zero-order valence-corrected chi connectivity index (χ0v) is 11.7. The van der Waals surface area contributed by atoms with E-state index in [9.17, 15) is 0 Å². The normalized spacial score (nSPS) is 12.6. The van der Waals surface area contributed by atoms with Crippen LogP contribution in [0.2, 0.25) is 0 Å². The van der Waals surface area contributed by atoms with Gasteiger partial charge >= 0.3 is 0 Å². The van der Waals surface area contributed by atoms with Gasteiger partial charge in [0.2, 0.25) is 5.95 Å². The highest BCUT2D eigenvalue weighted by Gasteiger charge is 2.14. The number of hydrogen-bond acceptors (Lipinski definition) is 6. The van der Waals surface area contributed by atoms with Gasteiger partial charge in [0.15, 0.2) is 5.82 Å². The molecule has 0 aliphatic carbocycles. The van der Waals surface area contributed by atoms with Crippen molar-refractivity contribution >= 4 is 11.8 Å². The Morgan fingerprint density at radius 1 is 1.40 bits per heavy atom. The summed E-state index contributed by atoms with van der Waals surface area (Å²) in [6.07, 6.45) is 4.12. The van der Waals surface area contributed by atoms with Gasteiger partial charge < -0.3 is 16.2 Å². The first-order chi connectivity index (χ1) is 9.60. The number of aliphatic hydroxyl groups is 1. The van der Waals surface area contributed by atoms with Crippen molar-refractivity contribution in [3.05, 3.63) is 24.5 Å². The Labute approximate surface area is 117 Å². The number of rotatable bonds is 6. The van der Waals surface area contributed by atoms with Crippen molar-refractivity contribution in [1.82, 2.24) is 19.7 Å². The first kappa shape index (κ1) is 14.3. The van der Waals surface area contributed by atoms with Gasteiger partial charge in [-0.15, -0.1) is 0 Å². The second kappa shape index (κ2) is 6.33. The van der Waals surface area contributed by atoms with E-state index in [0.29, 0.717) is 24.0 Å². The molecule has 2 heterocycles. The second-order valence-electron chi connectivity index (χ2n) is 4.93. The molecule has 7 heteroatoms. The highest BCUT2D eigenvalue weighted by atomic mass is 16.3.